The third-order valence-electron chi connectivity index (χ3n) is 2.48. The molecule has 0 bridgehead atoms. The first-order chi connectivity index (χ1) is 7.78. The summed E-state index contributed by atoms with van der Waals surface area (Å²) in [5, 5.41) is 0. The third-order valence-corrected chi connectivity index (χ3v) is 2.48. The van der Waals surface area contributed by atoms with Gasteiger partial charge >= 0.3 is 6.09 Å². The molecule has 0 aromatic rings. The summed E-state index contributed by atoms with van der Waals surface area (Å²) in [6, 6.07) is 0. The lowest BCUT2D eigenvalue weighted by Crippen LogP contribution is -2.35. The molecule has 0 aromatic heterocycles. The number of ether oxygens (including phenoxy) is 1. The van der Waals surface area contributed by atoms with Gasteiger partial charge in [0.25, 0.3) is 0 Å². The Morgan fingerprint density at radius 1 is 1.35 bits per heavy atom. The van der Waals surface area contributed by atoms with E-state index in [4.69, 9.17) is 4.74 Å². The summed E-state index contributed by atoms with van der Waals surface area (Å²) in [7, 11) is 0. The first-order valence-electron chi connectivity index (χ1n) is 5.94. The van der Waals surface area contributed by atoms with Crippen LogP contribution in [0.3, 0.4) is 0 Å². The molecular formula is C13H21NO3. The average molecular weight is 239 g/mol. The fraction of sp³-hybridized carbons (Fsp3) is 0.692. The minimum atomic E-state index is -0.454. The van der Waals surface area contributed by atoms with Crippen LogP contribution in [0.4, 0.5) is 4.79 Å². The Balaban J connectivity index is 2.45. The van der Waals surface area contributed by atoms with Crippen molar-refractivity contribution in [1.82, 2.24) is 4.90 Å². The molecule has 1 fully saturated rings. The molecule has 1 heterocycles. The topological polar surface area (TPSA) is 46.6 Å². The van der Waals surface area contributed by atoms with Crippen LogP contribution in [0.5, 0.6) is 0 Å². The number of allylic oxidation sites excluding steroid dienone is 1. The molecule has 1 atom stereocenters. The highest BCUT2D eigenvalue weighted by Gasteiger charge is 2.28. The highest BCUT2D eigenvalue weighted by molar-refractivity contribution is 5.87. The van der Waals surface area contributed by atoms with E-state index in [1.165, 1.54) is 6.92 Å². The molecule has 0 aliphatic carbocycles. The molecule has 96 valence electrons. The Bertz CT molecular complexity index is 328. The number of nitrogens with zero attached hydrogens (tertiary/aromatic N) is 1. The summed E-state index contributed by atoms with van der Waals surface area (Å²) in [6.07, 6.45) is 4.08. The number of carbonyl (C=O) groups excluding carboxylic acids is 2. The van der Waals surface area contributed by atoms with Crippen molar-refractivity contribution < 1.29 is 14.3 Å². The molecule has 1 amide bonds. The van der Waals surface area contributed by atoms with Crippen LogP contribution >= 0.6 is 0 Å². The molecule has 0 saturated carbocycles. The van der Waals surface area contributed by atoms with Crippen molar-refractivity contribution in [1.29, 1.82) is 0 Å². The van der Waals surface area contributed by atoms with Gasteiger partial charge in [0.05, 0.1) is 0 Å². The molecule has 1 saturated heterocycles. The molecule has 0 spiro atoms. The summed E-state index contributed by atoms with van der Waals surface area (Å²) in [6.45, 7) is 8.42. The van der Waals surface area contributed by atoms with E-state index in [2.05, 4.69) is 0 Å². The maximum atomic E-state index is 11.8. The fourth-order valence-corrected chi connectivity index (χ4v) is 1.71. The number of hydrogen-bond acceptors (Lipinski definition) is 3. The van der Waals surface area contributed by atoms with E-state index in [1.807, 2.05) is 26.8 Å². The van der Waals surface area contributed by atoms with Crippen LogP contribution in [0.25, 0.3) is 0 Å². The van der Waals surface area contributed by atoms with Gasteiger partial charge in [-0.3, -0.25) is 4.79 Å². The van der Waals surface area contributed by atoms with E-state index >= 15 is 0 Å². The second kappa shape index (κ2) is 5.34. The van der Waals surface area contributed by atoms with Crippen LogP contribution in [-0.4, -0.2) is 35.5 Å². The summed E-state index contributed by atoms with van der Waals surface area (Å²) >= 11 is 0. The van der Waals surface area contributed by atoms with E-state index in [1.54, 1.807) is 11.0 Å². The van der Waals surface area contributed by atoms with Crippen molar-refractivity contribution in [3.8, 4) is 0 Å². The summed E-state index contributed by atoms with van der Waals surface area (Å²) in [5.41, 5.74) is -0.454. The molecule has 0 aromatic carbocycles. The summed E-state index contributed by atoms with van der Waals surface area (Å²) < 4.78 is 5.29. The first-order valence-corrected chi connectivity index (χ1v) is 5.94. The Labute approximate surface area is 103 Å². The molecule has 0 radical (unpaired) electrons. The molecule has 4 nitrogen and oxygen atoms in total. The van der Waals surface area contributed by atoms with Crippen molar-refractivity contribution in [2.75, 3.05) is 13.1 Å². The van der Waals surface area contributed by atoms with Gasteiger partial charge in [0.15, 0.2) is 5.78 Å². The number of rotatable bonds is 2. The molecular weight excluding hydrogens is 218 g/mol. The predicted octanol–water partition coefficient (Wildman–Crippen LogP) is 2.39. The van der Waals surface area contributed by atoms with Crippen LogP contribution in [0.1, 0.15) is 34.1 Å². The minimum absolute atomic E-state index is 0.0423. The van der Waals surface area contributed by atoms with Gasteiger partial charge in [-0.1, -0.05) is 6.08 Å². The number of likely N-dealkylation sites (tertiary alicyclic amines) is 1. The molecule has 1 aliphatic heterocycles. The zero-order chi connectivity index (χ0) is 13.1. The van der Waals surface area contributed by atoms with Crippen LogP contribution in [-0.2, 0) is 9.53 Å². The van der Waals surface area contributed by atoms with Crippen LogP contribution in [0.2, 0.25) is 0 Å². The average Bonchev–Trinajstić information content (AvgIpc) is 2.60. The lowest BCUT2D eigenvalue weighted by atomic mass is 10.1. The van der Waals surface area contributed by atoms with Gasteiger partial charge in [-0.05, 0) is 46.1 Å². The maximum absolute atomic E-state index is 11.8. The summed E-state index contributed by atoms with van der Waals surface area (Å²) in [5.74, 6) is 0.312. The third kappa shape index (κ3) is 5.02. The number of hydrogen-bond donors (Lipinski definition) is 0. The smallest absolute Gasteiger partial charge is 0.410 e. The Morgan fingerprint density at radius 2 is 2.00 bits per heavy atom. The first kappa shape index (κ1) is 13.7. The van der Waals surface area contributed by atoms with Gasteiger partial charge in [0, 0.05) is 13.1 Å². The standard InChI is InChI=1S/C13H21NO3/c1-10(15)5-6-11-7-8-14(9-11)12(16)17-13(2,3)4/h5-6,11H,7-9H2,1-4H3/b6-5+. The van der Waals surface area contributed by atoms with Crippen molar-refractivity contribution in [2.24, 2.45) is 5.92 Å². The van der Waals surface area contributed by atoms with Gasteiger partial charge in [-0.25, -0.2) is 4.79 Å². The van der Waals surface area contributed by atoms with Crippen molar-refractivity contribution in [3.05, 3.63) is 12.2 Å². The summed E-state index contributed by atoms with van der Waals surface area (Å²) in [4.78, 5) is 24.3. The van der Waals surface area contributed by atoms with Gasteiger partial charge in [0.2, 0.25) is 0 Å². The minimum Gasteiger partial charge on any atom is -0.444 e. The van der Waals surface area contributed by atoms with Crippen molar-refractivity contribution >= 4 is 11.9 Å². The second-order valence-electron chi connectivity index (χ2n) is 5.44. The normalized spacial score (nSPS) is 20.9. The van der Waals surface area contributed by atoms with Crippen LogP contribution in [0.15, 0.2) is 12.2 Å². The Morgan fingerprint density at radius 3 is 2.53 bits per heavy atom. The Hall–Kier alpha value is -1.32. The van der Waals surface area contributed by atoms with Crippen molar-refractivity contribution in [2.45, 2.75) is 39.7 Å². The van der Waals surface area contributed by atoms with Gasteiger partial charge in [-0.15, -0.1) is 0 Å². The second-order valence-corrected chi connectivity index (χ2v) is 5.44. The van der Waals surface area contributed by atoms with E-state index in [0.29, 0.717) is 13.1 Å². The molecule has 1 unspecified atom stereocenters. The zero-order valence-corrected chi connectivity index (χ0v) is 11.0. The van der Waals surface area contributed by atoms with E-state index in [-0.39, 0.29) is 17.8 Å². The fourth-order valence-electron chi connectivity index (χ4n) is 1.71. The zero-order valence-electron chi connectivity index (χ0n) is 11.0. The molecule has 0 N–H and O–H groups in total. The van der Waals surface area contributed by atoms with Gasteiger partial charge in [-0.2, -0.15) is 0 Å². The number of carbonyl (C=O) groups is 2. The van der Waals surface area contributed by atoms with Crippen molar-refractivity contribution in [3.63, 3.8) is 0 Å². The molecule has 4 heteroatoms. The van der Waals surface area contributed by atoms with Crippen LogP contribution in [0, 0.1) is 5.92 Å². The Kier molecular flexibility index (Phi) is 4.32. The quantitative estimate of drug-likeness (QED) is 0.695. The highest BCUT2D eigenvalue weighted by atomic mass is 16.6. The van der Waals surface area contributed by atoms with Gasteiger partial charge < -0.3 is 9.64 Å². The molecule has 17 heavy (non-hydrogen) atoms. The highest BCUT2D eigenvalue weighted by Crippen LogP contribution is 2.20. The maximum Gasteiger partial charge on any atom is 0.410 e. The molecule has 1 aliphatic rings. The van der Waals surface area contributed by atoms with Gasteiger partial charge in [0.1, 0.15) is 5.60 Å². The predicted molar refractivity (Wildman–Crippen MR) is 65.7 cm³/mol. The lowest BCUT2D eigenvalue weighted by Gasteiger charge is -2.24. The monoisotopic (exact) mass is 239 g/mol. The van der Waals surface area contributed by atoms with E-state index in [9.17, 15) is 9.59 Å². The SMILES string of the molecule is CC(=O)/C=C/C1CCN(C(=O)OC(C)(C)C)C1. The lowest BCUT2D eigenvalue weighted by molar-refractivity contribution is -0.112. The van der Waals surface area contributed by atoms with Crippen LogP contribution < -0.4 is 0 Å². The largest absolute Gasteiger partial charge is 0.444 e. The van der Waals surface area contributed by atoms with E-state index in [0.717, 1.165) is 6.42 Å². The number of amides is 1. The molecule has 1 rings (SSSR count). The number of ketones is 1. The van der Waals surface area contributed by atoms with E-state index < -0.39 is 5.60 Å².